The SMILES string of the molecule is CC1(C)CC(=O)N(CC(O)c2ccc(Br)cc2)C1=O. The molecule has 0 bridgehead atoms. The highest BCUT2D eigenvalue weighted by atomic mass is 79.9. The number of hydrogen-bond donors (Lipinski definition) is 1. The van der Waals surface area contributed by atoms with Crippen LogP contribution in [0.15, 0.2) is 28.7 Å². The molecule has 102 valence electrons. The van der Waals surface area contributed by atoms with Gasteiger partial charge in [0.2, 0.25) is 11.8 Å². The standard InChI is InChI=1S/C14H16BrNO3/c1-14(2)7-12(18)16(13(14)19)8-11(17)9-3-5-10(15)6-4-9/h3-6,11,17H,7-8H2,1-2H3. The van der Waals surface area contributed by atoms with Gasteiger partial charge in [0.1, 0.15) is 0 Å². The van der Waals surface area contributed by atoms with Crippen LogP contribution in [0.2, 0.25) is 0 Å². The van der Waals surface area contributed by atoms with Crippen molar-refractivity contribution in [1.29, 1.82) is 0 Å². The van der Waals surface area contributed by atoms with Crippen molar-refractivity contribution in [3.05, 3.63) is 34.3 Å². The number of β-amino-alcohol motifs (C(OH)–C–C–N with tert-alkyl or cyclic N) is 1. The molecule has 2 rings (SSSR count). The number of carbonyl (C=O) groups is 2. The molecule has 1 unspecified atom stereocenters. The zero-order valence-electron chi connectivity index (χ0n) is 10.9. The summed E-state index contributed by atoms with van der Waals surface area (Å²) in [6.45, 7) is 3.52. The first-order valence-corrected chi connectivity index (χ1v) is 6.89. The maximum absolute atomic E-state index is 12.0. The van der Waals surface area contributed by atoms with E-state index >= 15 is 0 Å². The minimum Gasteiger partial charge on any atom is -0.387 e. The van der Waals surface area contributed by atoms with Gasteiger partial charge in [-0.2, -0.15) is 0 Å². The van der Waals surface area contributed by atoms with E-state index in [0.717, 1.165) is 9.37 Å². The molecule has 0 saturated carbocycles. The van der Waals surface area contributed by atoms with Crippen LogP contribution >= 0.6 is 15.9 Å². The lowest BCUT2D eigenvalue weighted by Crippen LogP contribution is -2.36. The van der Waals surface area contributed by atoms with Crippen LogP contribution in [0, 0.1) is 5.41 Å². The Kier molecular flexibility index (Phi) is 3.78. The van der Waals surface area contributed by atoms with E-state index in [-0.39, 0.29) is 24.8 Å². The third-order valence-electron chi connectivity index (χ3n) is 3.33. The van der Waals surface area contributed by atoms with Crippen LogP contribution in [0.5, 0.6) is 0 Å². The molecular weight excluding hydrogens is 310 g/mol. The van der Waals surface area contributed by atoms with E-state index < -0.39 is 11.5 Å². The van der Waals surface area contributed by atoms with Crippen LogP contribution in [0.25, 0.3) is 0 Å². The van der Waals surface area contributed by atoms with Crippen LogP contribution in [0.1, 0.15) is 31.9 Å². The van der Waals surface area contributed by atoms with Crippen molar-refractivity contribution in [3.63, 3.8) is 0 Å². The fraction of sp³-hybridized carbons (Fsp3) is 0.429. The summed E-state index contributed by atoms with van der Waals surface area (Å²) < 4.78 is 0.915. The van der Waals surface area contributed by atoms with Crippen molar-refractivity contribution in [3.8, 4) is 0 Å². The molecule has 1 heterocycles. The third kappa shape index (κ3) is 2.87. The molecule has 0 spiro atoms. The Bertz CT molecular complexity index is 510. The van der Waals surface area contributed by atoms with Crippen LogP contribution in [0.4, 0.5) is 0 Å². The first-order valence-electron chi connectivity index (χ1n) is 6.09. The number of imide groups is 1. The highest BCUT2D eigenvalue weighted by Gasteiger charge is 2.45. The minimum atomic E-state index is -0.852. The fourth-order valence-electron chi connectivity index (χ4n) is 2.18. The number of likely N-dealkylation sites (tertiary alicyclic amines) is 1. The molecule has 0 radical (unpaired) electrons. The molecule has 0 aromatic heterocycles. The number of amides is 2. The van der Waals surface area contributed by atoms with E-state index in [0.29, 0.717) is 5.56 Å². The molecule has 1 aliphatic rings. The lowest BCUT2D eigenvalue weighted by atomic mass is 9.92. The molecular formula is C14H16BrNO3. The second-order valence-electron chi connectivity index (χ2n) is 5.44. The van der Waals surface area contributed by atoms with Crippen LogP contribution in [0.3, 0.4) is 0 Å². The Hall–Kier alpha value is -1.20. The number of hydrogen-bond acceptors (Lipinski definition) is 3. The van der Waals surface area contributed by atoms with Gasteiger partial charge in [-0.25, -0.2) is 0 Å². The molecule has 1 aromatic rings. The summed E-state index contributed by atoms with van der Waals surface area (Å²) in [4.78, 5) is 25.0. The zero-order chi connectivity index (χ0) is 14.2. The third-order valence-corrected chi connectivity index (χ3v) is 3.86. The average Bonchev–Trinajstić information content (AvgIpc) is 2.52. The van der Waals surface area contributed by atoms with Crippen molar-refractivity contribution in [2.24, 2.45) is 5.41 Å². The molecule has 0 aliphatic carbocycles. The first-order chi connectivity index (χ1) is 8.81. The molecule has 19 heavy (non-hydrogen) atoms. The van der Waals surface area contributed by atoms with E-state index in [4.69, 9.17) is 0 Å². The highest BCUT2D eigenvalue weighted by molar-refractivity contribution is 9.10. The molecule has 1 atom stereocenters. The van der Waals surface area contributed by atoms with Gasteiger partial charge in [-0.3, -0.25) is 14.5 Å². The molecule has 1 fully saturated rings. The highest BCUT2D eigenvalue weighted by Crippen LogP contribution is 2.32. The molecule has 5 heteroatoms. The summed E-state index contributed by atoms with van der Waals surface area (Å²) in [5.74, 6) is -0.431. The normalized spacial score (nSPS) is 19.9. The maximum Gasteiger partial charge on any atom is 0.235 e. The summed E-state index contributed by atoms with van der Waals surface area (Å²) in [5.41, 5.74) is 0.0322. The second-order valence-corrected chi connectivity index (χ2v) is 6.35. The largest absolute Gasteiger partial charge is 0.387 e. The van der Waals surface area contributed by atoms with Gasteiger partial charge in [-0.15, -0.1) is 0 Å². The van der Waals surface area contributed by atoms with Crippen molar-refractivity contribution < 1.29 is 14.7 Å². The quantitative estimate of drug-likeness (QED) is 0.867. The van der Waals surface area contributed by atoms with Gasteiger partial charge in [0.25, 0.3) is 0 Å². The number of aliphatic hydroxyl groups excluding tert-OH is 1. The van der Waals surface area contributed by atoms with Crippen LogP contribution in [-0.4, -0.2) is 28.4 Å². The van der Waals surface area contributed by atoms with Crippen molar-refractivity contribution in [2.45, 2.75) is 26.4 Å². The van der Waals surface area contributed by atoms with Gasteiger partial charge in [-0.1, -0.05) is 41.9 Å². The summed E-state index contributed by atoms with van der Waals surface area (Å²) in [5, 5.41) is 10.1. The number of benzene rings is 1. The van der Waals surface area contributed by atoms with Gasteiger partial charge in [0.05, 0.1) is 18.1 Å². The van der Waals surface area contributed by atoms with Gasteiger partial charge in [0, 0.05) is 10.9 Å². The Morgan fingerprint density at radius 3 is 2.37 bits per heavy atom. The molecule has 1 saturated heterocycles. The Morgan fingerprint density at radius 1 is 1.32 bits per heavy atom. The van der Waals surface area contributed by atoms with E-state index in [2.05, 4.69) is 15.9 Å². The predicted octanol–water partition coefficient (Wildman–Crippen LogP) is 2.27. The van der Waals surface area contributed by atoms with Gasteiger partial charge >= 0.3 is 0 Å². The van der Waals surface area contributed by atoms with Gasteiger partial charge in [0.15, 0.2) is 0 Å². The average molecular weight is 326 g/mol. The lowest BCUT2D eigenvalue weighted by Gasteiger charge is -2.21. The monoisotopic (exact) mass is 325 g/mol. The van der Waals surface area contributed by atoms with Gasteiger partial charge < -0.3 is 5.11 Å². The zero-order valence-corrected chi connectivity index (χ0v) is 12.5. The van der Waals surface area contributed by atoms with Crippen molar-refractivity contribution >= 4 is 27.7 Å². The Balaban J connectivity index is 2.11. The Labute approximate surface area is 120 Å². The number of halogens is 1. The summed E-state index contributed by atoms with van der Waals surface area (Å²) >= 11 is 3.32. The lowest BCUT2D eigenvalue weighted by molar-refractivity contribution is -0.142. The topological polar surface area (TPSA) is 57.6 Å². The number of carbonyl (C=O) groups excluding carboxylic acids is 2. The van der Waals surface area contributed by atoms with E-state index in [1.165, 1.54) is 0 Å². The number of nitrogens with zero attached hydrogens (tertiary/aromatic N) is 1. The minimum absolute atomic E-state index is 0.0166. The maximum atomic E-state index is 12.0. The molecule has 2 amide bonds. The molecule has 4 nitrogen and oxygen atoms in total. The van der Waals surface area contributed by atoms with E-state index in [1.807, 2.05) is 12.1 Å². The van der Waals surface area contributed by atoms with Crippen molar-refractivity contribution in [1.82, 2.24) is 4.90 Å². The van der Waals surface area contributed by atoms with Crippen LogP contribution in [-0.2, 0) is 9.59 Å². The van der Waals surface area contributed by atoms with Gasteiger partial charge in [-0.05, 0) is 17.7 Å². The van der Waals surface area contributed by atoms with Crippen LogP contribution < -0.4 is 0 Å². The predicted molar refractivity (Wildman–Crippen MR) is 74.2 cm³/mol. The summed E-state index contributed by atoms with van der Waals surface area (Å²) in [6, 6.07) is 7.17. The first kappa shape index (κ1) is 14.2. The number of aliphatic hydroxyl groups is 1. The second kappa shape index (κ2) is 5.06. The Morgan fingerprint density at radius 2 is 1.89 bits per heavy atom. The van der Waals surface area contributed by atoms with Crippen molar-refractivity contribution in [2.75, 3.05) is 6.54 Å². The fourth-order valence-corrected chi connectivity index (χ4v) is 2.44. The van der Waals surface area contributed by atoms with E-state index in [9.17, 15) is 14.7 Å². The molecule has 1 aliphatic heterocycles. The summed E-state index contributed by atoms with van der Waals surface area (Å²) in [6.07, 6.45) is -0.645. The molecule has 1 aromatic carbocycles. The van der Waals surface area contributed by atoms with E-state index in [1.54, 1.807) is 26.0 Å². The summed E-state index contributed by atoms with van der Waals surface area (Å²) in [7, 11) is 0. The number of rotatable bonds is 3. The molecule has 1 N–H and O–H groups in total. The smallest absolute Gasteiger partial charge is 0.235 e.